The van der Waals surface area contributed by atoms with Crippen LogP contribution in [0.3, 0.4) is 0 Å². The van der Waals surface area contributed by atoms with Crippen LogP contribution in [0.5, 0.6) is 0 Å². The van der Waals surface area contributed by atoms with Crippen LogP contribution in [0.15, 0.2) is 77.1 Å². The minimum Gasteiger partial charge on any atom is -0.459 e. The average molecular weight is 446 g/mol. The molecule has 3 aliphatic rings. The third-order valence-corrected chi connectivity index (χ3v) is 7.08. The fourth-order valence-corrected chi connectivity index (χ4v) is 5.51. The molecule has 2 aromatic carbocycles. The number of carbonyl (C=O) groups is 2. The molecule has 0 aromatic heterocycles. The molecule has 170 valence electrons. The molecule has 1 fully saturated rings. The summed E-state index contributed by atoms with van der Waals surface area (Å²) in [6.45, 7) is 1.85. The van der Waals surface area contributed by atoms with Crippen LogP contribution in [-0.4, -0.2) is 17.9 Å². The van der Waals surface area contributed by atoms with Crippen molar-refractivity contribution in [1.82, 2.24) is 5.32 Å². The maximum atomic E-state index is 14.2. The highest BCUT2D eigenvalue weighted by Crippen LogP contribution is 2.46. The molecule has 1 N–H and O–H groups in total. The first-order valence-corrected chi connectivity index (χ1v) is 11.8. The van der Waals surface area contributed by atoms with Crippen molar-refractivity contribution in [2.24, 2.45) is 0 Å². The van der Waals surface area contributed by atoms with Crippen molar-refractivity contribution in [3.63, 3.8) is 0 Å². The van der Waals surface area contributed by atoms with E-state index >= 15 is 0 Å². The number of benzene rings is 2. The van der Waals surface area contributed by atoms with Gasteiger partial charge in [-0.15, -0.1) is 0 Å². The van der Waals surface area contributed by atoms with Gasteiger partial charge in [-0.3, -0.25) is 4.79 Å². The average Bonchev–Trinajstić information content (AvgIpc) is 3.31. The van der Waals surface area contributed by atoms with Gasteiger partial charge in [0.1, 0.15) is 11.9 Å². The zero-order chi connectivity index (χ0) is 22.9. The lowest BCUT2D eigenvalue weighted by molar-refractivity contribution is -0.144. The van der Waals surface area contributed by atoms with Gasteiger partial charge in [0.2, 0.25) is 0 Å². The van der Waals surface area contributed by atoms with Crippen molar-refractivity contribution < 1.29 is 18.7 Å². The highest BCUT2D eigenvalue weighted by molar-refractivity contribution is 6.04. The van der Waals surface area contributed by atoms with Crippen molar-refractivity contribution in [2.45, 2.75) is 63.4 Å². The molecule has 2 aromatic rings. The van der Waals surface area contributed by atoms with Gasteiger partial charge in [0, 0.05) is 29.3 Å². The summed E-state index contributed by atoms with van der Waals surface area (Å²) in [5.41, 5.74) is 4.20. The first kappa shape index (κ1) is 21.6. The zero-order valence-corrected chi connectivity index (χ0v) is 18.8. The van der Waals surface area contributed by atoms with E-state index in [0.29, 0.717) is 35.2 Å². The summed E-state index contributed by atoms with van der Waals surface area (Å²) in [4.78, 5) is 26.9. The summed E-state index contributed by atoms with van der Waals surface area (Å²) in [6, 6.07) is 16.2. The second kappa shape index (κ2) is 8.97. The van der Waals surface area contributed by atoms with Crippen LogP contribution >= 0.6 is 0 Å². The van der Waals surface area contributed by atoms with E-state index in [0.717, 1.165) is 36.9 Å². The number of hydrogen-bond acceptors (Lipinski definition) is 4. The second-order valence-corrected chi connectivity index (χ2v) is 9.29. The topological polar surface area (TPSA) is 55.4 Å². The van der Waals surface area contributed by atoms with E-state index in [4.69, 9.17) is 4.74 Å². The van der Waals surface area contributed by atoms with Crippen LogP contribution in [-0.2, 0) is 14.3 Å². The molecule has 0 amide bonds. The molecule has 0 spiro atoms. The highest BCUT2D eigenvalue weighted by atomic mass is 19.1. The summed E-state index contributed by atoms with van der Waals surface area (Å²) >= 11 is 0. The van der Waals surface area contributed by atoms with E-state index < -0.39 is 11.9 Å². The van der Waals surface area contributed by atoms with Crippen LogP contribution < -0.4 is 5.32 Å². The van der Waals surface area contributed by atoms with E-state index in [1.54, 1.807) is 12.1 Å². The maximum absolute atomic E-state index is 14.2. The second-order valence-electron chi connectivity index (χ2n) is 9.29. The summed E-state index contributed by atoms with van der Waals surface area (Å²) in [5.74, 6) is -1.37. The van der Waals surface area contributed by atoms with Gasteiger partial charge in [-0.05, 0) is 68.2 Å². The van der Waals surface area contributed by atoms with Gasteiger partial charge in [0.05, 0.1) is 5.57 Å². The minimum atomic E-state index is -0.630. The predicted molar refractivity (Wildman–Crippen MR) is 124 cm³/mol. The van der Waals surface area contributed by atoms with Gasteiger partial charge in [-0.1, -0.05) is 42.5 Å². The summed E-state index contributed by atoms with van der Waals surface area (Å²) in [7, 11) is 0. The molecular weight excluding hydrogens is 417 g/mol. The van der Waals surface area contributed by atoms with Gasteiger partial charge in [-0.25, -0.2) is 9.18 Å². The van der Waals surface area contributed by atoms with Gasteiger partial charge < -0.3 is 10.1 Å². The monoisotopic (exact) mass is 445 g/mol. The first-order chi connectivity index (χ1) is 16.0. The molecule has 5 rings (SSSR count). The van der Waals surface area contributed by atoms with Crippen LogP contribution in [0, 0.1) is 5.82 Å². The summed E-state index contributed by atoms with van der Waals surface area (Å²) in [6.07, 6.45) is 4.76. The molecule has 2 atom stereocenters. The number of rotatable bonds is 4. The van der Waals surface area contributed by atoms with Crippen LogP contribution in [0.4, 0.5) is 4.39 Å². The number of dihydropyridines is 1. The number of esters is 1. The Morgan fingerprint density at radius 1 is 1.00 bits per heavy atom. The molecule has 4 nitrogen and oxygen atoms in total. The third kappa shape index (κ3) is 4.24. The summed E-state index contributed by atoms with van der Waals surface area (Å²) < 4.78 is 20.1. The lowest BCUT2D eigenvalue weighted by Gasteiger charge is -2.37. The number of allylic oxidation sites excluding steroid dienone is 3. The number of carbonyl (C=O) groups excluding carboxylic acids is 2. The normalized spacial score (nSPS) is 23.4. The van der Waals surface area contributed by atoms with Crippen molar-refractivity contribution in [3.05, 3.63) is 94.1 Å². The number of ether oxygens (including phenoxy) is 1. The summed E-state index contributed by atoms with van der Waals surface area (Å²) in [5, 5.41) is 3.36. The Bertz CT molecular complexity index is 1140. The molecule has 0 radical (unpaired) electrons. The van der Waals surface area contributed by atoms with Gasteiger partial charge in [-0.2, -0.15) is 0 Å². The number of halogens is 1. The minimum absolute atomic E-state index is 0.00877. The Morgan fingerprint density at radius 3 is 2.45 bits per heavy atom. The first-order valence-electron chi connectivity index (χ1n) is 11.8. The van der Waals surface area contributed by atoms with Crippen molar-refractivity contribution in [2.75, 3.05) is 0 Å². The largest absolute Gasteiger partial charge is 0.459 e. The Labute approximate surface area is 193 Å². The SMILES string of the molecule is CC1=C(C(=O)OC2CCCC2)C(c2cccc(F)c2)C2=C(CC(c3ccccc3)CC2=O)N1. The zero-order valence-electron chi connectivity index (χ0n) is 18.8. The molecule has 2 aliphatic carbocycles. The van der Waals surface area contributed by atoms with E-state index in [2.05, 4.69) is 5.32 Å². The van der Waals surface area contributed by atoms with Crippen LogP contribution in [0.2, 0.25) is 0 Å². The fraction of sp³-hybridized carbons (Fsp3) is 0.357. The number of nitrogens with one attached hydrogen (secondary N) is 1. The predicted octanol–water partition coefficient (Wildman–Crippen LogP) is 5.67. The molecule has 33 heavy (non-hydrogen) atoms. The van der Waals surface area contributed by atoms with E-state index in [1.807, 2.05) is 37.3 Å². The van der Waals surface area contributed by atoms with Crippen molar-refractivity contribution in [1.29, 1.82) is 0 Å². The number of hydrogen-bond donors (Lipinski definition) is 1. The quantitative estimate of drug-likeness (QED) is 0.616. The molecule has 1 heterocycles. The Hall–Kier alpha value is -3.21. The standard InChI is InChI=1S/C28H28FNO3/c1-17-25(28(32)33-22-12-5-6-13-22)26(19-10-7-11-21(29)14-19)27-23(30-17)15-20(16-24(27)31)18-8-3-2-4-9-18/h2-4,7-11,14,20,22,26,30H,5-6,12-13,15-16H2,1H3. The maximum Gasteiger partial charge on any atom is 0.337 e. The van der Waals surface area contributed by atoms with E-state index in [1.165, 1.54) is 12.1 Å². The highest BCUT2D eigenvalue weighted by Gasteiger charge is 2.42. The Kier molecular flexibility index (Phi) is 5.88. The number of ketones is 1. The molecular formula is C28H28FNO3. The fourth-order valence-electron chi connectivity index (χ4n) is 5.51. The van der Waals surface area contributed by atoms with E-state index in [9.17, 15) is 14.0 Å². The third-order valence-electron chi connectivity index (χ3n) is 7.08. The van der Waals surface area contributed by atoms with Gasteiger partial charge in [0.15, 0.2) is 5.78 Å². The van der Waals surface area contributed by atoms with Crippen molar-refractivity contribution >= 4 is 11.8 Å². The molecule has 0 saturated heterocycles. The molecule has 1 saturated carbocycles. The lowest BCUT2D eigenvalue weighted by Crippen LogP contribution is -2.36. The van der Waals surface area contributed by atoms with Gasteiger partial charge >= 0.3 is 5.97 Å². The smallest absolute Gasteiger partial charge is 0.337 e. The van der Waals surface area contributed by atoms with Crippen molar-refractivity contribution in [3.8, 4) is 0 Å². The Morgan fingerprint density at radius 2 is 1.73 bits per heavy atom. The van der Waals surface area contributed by atoms with E-state index in [-0.39, 0.29) is 23.6 Å². The van der Waals surface area contributed by atoms with Crippen LogP contribution in [0.25, 0.3) is 0 Å². The Balaban J connectivity index is 1.55. The van der Waals surface area contributed by atoms with Gasteiger partial charge in [0.25, 0.3) is 0 Å². The molecule has 5 heteroatoms. The molecule has 0 bridgehead atoms. The molecule has 1 aliphatic heterocycles. The van der Waals surface area contributed by atoms with Crippen LogP contribution in [0.1, 0.15) is 68.4 Å². The lowest BCUT2D eigenvalue weighted by atomic mass is 9.71. The number of Topliss-reactive ketones (excluding diaryl/α,β-unsaturated/α-hetero) is 1. The molecule has 2 unspecified atom stereocenters.